The molecule has 1 N–H and O–H groups in total. The molecule has 160 valence electrons. The Labute approximate surface area is 185 Å². The Bertz CT molecular complexity index is 1150. The van der Waals surface area contributed by atoms with Gasteiger partial charge in [0, 0.05) is 30.4 Å². The predicted molar refractivity (Wildman–Crippen MR) is 123 cm³/mol. The van der Waals surface area contributed by atoms with Gasteiger partial charge in [-0.05, 0) is 50.4 Å². The molecule has 1 amide bonds. The molecule has 0 fully saturated rings. The van der Waals surface area contributed by atoms with Gasteiger partial charge in [0.25, 0.3) is 0 Å². The number of hydrogen-bond donors (Lipinski definition) is 1. The van der Waals surface area contributed by atoms with Gasteiger partial charge in [-0.1, -0.05) is 12.1 Å². The molecule has 0 saturated carbocycles. The Kier molecular flexibility index (Phi) is 6.27. The Morgan fingerprint density at radius 2 is 2.10 bits per heavy atom. The minimum Gasteiger partial charge on any atom is -0.354 e. The molecule has 0 bridgehead atoms. The summed E-state index contributed by atoms with van der Waals surface area (Å²) < 4.78 is 3.86. The second-order valence-corrected chi connectivity index (χ2v) is 8.54. The first kappa shape index (κ1) is 21.0. The lowest BCUT2D eigenvalue weighted by molar-refractivity contribution is -0.121. The van der Waals surface area contributed by atoms with Gasteiger partial charge in [0.1, 0.15) is 0 Å². The molecule has 8 heteroatoms. The second-order valence-electron chi connectivity index (χ2n) is 7.60. The number of rotatable bonds is 8. The third-order valence-electron chi connectivity index (χ3n) is 5.12. The molecule has 0 aliphatic rings. The van der Waals surface area contributed by atoms with Gasteiger partial charge in [-0.15, -0.1) is 11.3 Å². The van der Waals surface area contributed by atoms with Crippen molar-refractivity contribution in [2.24, 2.45) is 0 Å². The van der Waals surface area contributed by atoms with Gasteiger partial charge in [0.05, 0.1) is 40.7 Å². The van der Waals surface area contributed by atoms with Crippen molar-refractivity contribution in [1.29, 1.82) is 0 Å². The van der Waals surface area contributed by atoms with Crippen molar-refractivity contribution in [3.05, 3.63) is 65.6 Å². The lowest BCUT2D eigenvalue weighted by atomic mass is 10.1. The van der Waals surface area contributed by atoms with Crippen LogP contribution in [0, 0.1) is 13.8 Å². The van der Waals surface area contributed by atoms with Crippen molar-refractivity contribution in [2.45, 2.75) is 39.8 Å². The molecule has 4 rings (SSSR count). The molecule has 7 nitrogen and oxygen atoms in total. The standard InChI is InChI=1S/C23H26N6OS/c1-16-13-17(2)29(27-16)18(3)14-22(30)25-10-11-28-23(21-8-6-12-31-21)19(15-26-28)20-7-4-5-9-24-20/h4-9,12-13,15,18H,10-11,14H2,1-3H3,(H,25,30)/t18-/m1/s1. The van der Waals surface area contributed by atoms with Crippen LogP contribution < -0.4 is 5.32 Å². The largest absolute Gasteiger partial charge is 0.354 e. The van der Waals surface area contributed by atoms with Crippen molar-refractivity contribution in [2.75, 3.05) is 6.54 Å². The molecule has 0 aliphatic carbocycles. The molecule has 4 heterocycles. The van der Waals surface area contributed by atoms with E-state index in [-0.39, 0.29) is 11.9 Å². The molecule has 0 unspecified atom stereocenters. The molecular weight excluding hydrogens is 408 g/mol. The molecule has 0 spiro atoms. The van der Waals surface area contributed by atoms with Crippen LogP contribution in [-0.2, 0) is 11.3 Å². The van der Waals surface area contributed by atoms with E-state index in [2.05, 4.69) is 31.9 Å². The van der Waals surface area contributed by atoms with E-state index in [1.807, 2.05) is 66.7 Å². The van der Waals surface area contributed by atoms with Gasteiger partial charge in [-0.3, -0.25) is 19.1 Å². The van der Waals surface area contributed by atoms with Crippen molar-refractivity contribution in [3.63, 3.8) is 0 Å². The van der Waals surface area contributed by atoms with E-state index in [4.69, 9.17) is 0 Å². The fourth-order valence-electron chi connectivity index (χ4n) is 3.76. The van der Waals surface area contributed by atoms with Crippen LogP contribution in [0.15, 0.2) is 54.2 Å². The molecule has 1 atom stereocenters. The van der Waals surface area contributed by atoms with Gasteiger partial charge < -0.3 is 5.32 Å². The van der Waals surface area contributed by atoms with E-state index in [0.717, 1.165) is 33.2 Å². The van der Waals surface area contributed by atoms with Gasteiger partial charge in [0.2, 0.25) is 5.91 Å². The number of carbonyl (C=O) groups excluding carboxylic acids is 1. The number of aromatic nitrogens is 5. The number of pyridine rings is 1. The molecule has 0 aromatic carbocycles. The molecule has 0 saturated heterocycles. The smallest absolute Gasteiger partial charge is 0.222 e. The number of amides is 1. The van der Waals surface area contributed by atoms with Crippen LogP contribution in [0.1, 0.15) is 30.8 Å². The fourth-order valence-corrected chi connectivity index (χ4v) is 4.55. The minimum absolute atomic E-state index is 0.00910. The molecule has 31 heavy (non-hydrogen) atoms. The van der Waals surface area contributed by atoms with Crippen LogP contribution in [0.2, 0.25) is 0 Å². The van der Waals surface area contributed by atoms with E-state index in [1.54, 1.807) is 17.5 Å². The summed E-state index contributed by atoms with van der Waals surface area (Å²) in [7, 11) is 0. The van der Waals surface area contributed by atoms with Gasteiger partial charge in [-0.25, -0.2) is 0 Å². The third-order valence-corrected chi connectivity index (χ3v) is 6.00. The van der Waals surface area contributed by atoms with Crippen LogP contribution in [0.5, 0.6) is 0 Å². The van der Waals surface area contributed by atoms with Gasteiger partial charge in [-0.2, -0.15) is 10.2 Å². The lowest BCUT2D eigenvalue weighted by Gasteiger charge is -2.14. The maximum absolute atomic E-state index is 12.5. The fraction of sp³-hybridized carbons (Fsp3) is 0.304. The normalized spacial score (nSPS) is 12.1. The van der Waals surface area contributed by atoms with Gasteiger partial charge >= 0.3 is 0 Å². The summed E-state index contributed by atoms with van der Waals surface area (Å²) in [5.41, 5.74) is 4.94. The SMILES string of the molecule is Cc1cc(C)n([C@H](C)CC(=O)NCCn2ncc(-c3ccccn3)c2-c2cccs2)n1. The Hall–Kier alpha value is -3.26. The van der Waals surface area contributed by atoms with E-state index in [1.165, 1.54) is 0 Å². The highest BCUT2D eigenvalue weighted by molar-refractivity contribution is 7.13. The summed E-state index contributed by atoms with van der Waals surface area (Å²) in [6, 6.07) is 12.0. The highest BCUT2D eigenvalue weighted by Crippen LogP contribution is 2.33. The molecule has 4 aromatic rings. The van der Waals surface area contributed by atoms with E-state index in [9.17, 15) is 4.79 Å². The van der Waals surface area contributed by atoms with Crippen molar-refractivity contribution < 1.29 is 4.79 Å². The average Bonchev–Trinajstić information content (AvgIpc) is 3.48. The number of nitrogens with zero attached hydrogens (tertiary/aromatic N) is 5. The van der Waals surface area contributed by atoms with E-state index >= 15 is 0 Å². The molecule has 0 aliphatic heterocycles. The maximum Gasteiger partial charge on any atom is 0.222 e. The first-order valence-corrected chi connectivity index (χ1v) is 11.2. The topological polar surface area (TPSA) is 77.6 Å². The van der Waals surface area contributed by atoms with E-state index < -0.39 is 0 Å². The van der Waals surface area contributed by atoms with Crippen molar-refractivity contribution in [3.8, 4) is 21.8 Å². The van der Waals surface area contributed by atoms with Crippen LogP contribution in [0.25, 0.3) is 21.8 Å². The zero-order valence-corrected chi connectivity index (χ0v) is 18.8. The Morgan fingerprint density at radius 3 is 2.77 bits per heavy atom. The van der Waals surface area contributed by atoms with E-state index in [0.29, 0.717) is 19.5 Å². The van der Waals surface area contributed by atoms with Crippen LogP contribution in [-0.4, -0.2) is 37.0 Å². The van der Waals surface area contributed by atoms with Crippen molar-refractivity contribution >= 4 is 17.2 Å². The number of nitrogens with one attached hydrogen (secondary N) is 1. The van der Waals surface area contributed by atoms with Crippen LogP contribution in [0.4, 0.5) is 0 Å². The average molecular weight is 435 g/mol. The summed E-state index contributed by atoms with van der Waals surface area (Å²) in [6.45, 7) is 7.08. The lowest BCUT2D eigenvalue weighted by Crippen LogP contribution is -2.29. The summed E-state index contributed by atoms with van der Waals surface area (Å²) in [6.07, 6.45) is 4.03. The maximum atomic E-state index is 12.5. The zero-order valence-electron chi connectivity index (χ0n) is 17.9. The summed E-state index contributed by atoms with van der Waals surface area (Å²) in [4.78, 5) is 18.1. The van der Waals surface area contributed by atoms with Gasteiger partial charge in [0.15, 0.2) is 0 Å². The Balaban J connectivity index is 1.42. The summed E-state index contributed by atoms with van der Waals surface area (Å²) >= 11 is 1.67. The number of carbonyl (C=O) groups is 1. The number of hydrogen-bond acceptors (Lipinski definition) is 5. The van der Waals surface area contributed by atoms with Crippen LogP contribution in [0.3, 0.4) is 0 Å². The number of aryl methyl sites for hydroxylation is 2. The first-order chi connectivity index (χ1) is 15.0. The highest BCUT2D eigenvalue weighted by atomic mass is 32.1. The third kappa shape index (κ3) is 4.74. The summed E-state index contributed by atoms with van der Waals surface area (Å²) in [5.74, 6) is 0.00910. The highest BCUT2D eigenvalue weighted by Gasteiger charge is 2.17. The Morgan fingerprint density at radius 1 is 1.23 bits per heavy atom. The molecule has 4 aromatic heterocycles. The predicted octanol–water partition coefficient (Wildman–Crippen LogP) is 4.25. The quantitative estimate of drug-likeness (QED) is 0.450. The zero-order chi connectivity index (χ0) is 21.8. The first-order valence-electron chi connectivity index (χ1n) is 10.3. The monoisotopic (exact) mass is 434 g/mol. The molecule has 0 radical (unpaired) electrons. The second kappa shape index (κ2) is 9.26. The number of thiophene rings is 1. The summed E-state index contributed by atoms with van der Waals surface area (Å²) in [5, 5.41) is 14.1. The minimum atomic E-state index is 0.00910. The van der Waals surface area contributed by atoms with Crippen LogP contribution >= 0.6 is 11.3 Å². The van der Waals surface area contributed by atoms with Crippen molar-refractivity contribution in [1.82, 2.24) is 29.9 Å². The molecular formula is C23H26N6OS.